The summed E-state index contributed by atoms with van der Waals surface area (Å²) in [5.41, 5.74) is 0. The summed E-state index contributed by atoms with van der Waals surface area (Å²) in [7, 11) is -3.84. The largest absolute Gasteiger partial charge is 0.325 e. The molecule has 19 heavy (non-hydrogen) atoms. The average Bonchev–Trinajstić information content (AvgIpc) is 2.33. The molecule has 1 aliphatic rings. The van der Waals surface area contributed by atoms with Crippen LogP contribution >= 0.6 is 7.60 Å². The molecule has 0 radical (unpaired) electrons. The Kier molecular flexibility index (Phi) is 7.55. The molecule has 0 saturated carbocycles. The molecule has 1 heterocycles. The molecule has 0 atom stereocenters. The van der Waals surface area contributed by atoms with Gasteiger partial charge in [-0.25, -0.2) is 0 Å². The third kappa shape index (κ3) is 8.05. The summed E-state index contributed by atoms with van der Waals surface area (Å²) in [6, 6.07) is 0.580. The van der Waals surface area contributed by atoms with Crippen molar-refractivity contribution in [2.45, 2.75) is 45.6 Å². The predicted octanol–water partition coefficient (Wildman–Crippen LogP) is 1.65. The lowest BCUT2D eigenvalue weighted by atomic mass is 10.0. The van der Waals surface area contributed by atoms with E-state index >= 15 is 0 Å². The zero-order valence-corrected chi connectivity index (χ0v) is 13.1. The van der Waals surface area contributed by atoms with Gasteiger partial charge in [-0.15, -0.1) is 0 Å². The first-order chi connectivity index (χ1) is 8.88. The SMILES string of the molecule is CC(C)CCN(CCCP(=O)(O)O)C1CCNCC1. The summed E-state index contributed by atoms with van der Waals surface area (Å²) in [5, 5.41) is 3.36. The van der Waals surface area contributed by atoms with Gasteiger partial charge in [0.05, 0.1) is 6.16 Å². The summed E-state index contributed by atoms with van der Waals surface area (Å²) >= 11 is 0. The molecule has 0 spiro atoms. The Labute approximate surface area is 116 Å². The van der Waals surface area contributed by atoms with Crippen molar-refractivity contribution in [3.8, 4) is 0 Å². The maximum absolute atomic E-state index is 10.9. The van der Waals surface area contributed by atoms with Crippen LogP contribution in [0.2, 0.25) is 0 Å². The third-order valence-corrected chi connectivity index (χ3v) is 4.61. The molecule has 1 rings (SSSR count). The monoisotopic (exact) mass is 292 g/mol. The van der Waals surface area contributed by atoms with Crippen LogP contribution in [0.15, 0.2) is 0 Å². The molecule has 3 N–H and O–H groups in total. The van der Waals surface area contributed by atoms with Crippen molar-refractivity contribution in [1.82, 2.24) is 10.2 Å². The van der Waals surface area contributed by atoms with Crippen LogP contribution in [0.4, 0.5) is 0 Å². The normalized spacial score (nSPS) is 18.4. The average molecular weight is 292 g/mol. The fourth-order valence-electron chi connectivity index (χ4n) is 2.55. The molecule has 1 aliphatic heterocycles. The molecular formula is C13H29N2O3P. The van der Waals surface area contributed by atoms with Gasteiger partial charge in [0.1, 0.15) is 0 Å². The van der Waals surface area contributed by atoms with Gasteiger partial charge in [-0.05, 0) is 57.8 Å². The minimum atomic E-state index is -3.84. The maximum atomic E-state index is 10.9. The van der Waals surface area contributed by atoms with Crippen LogP contribution in [0.1, 0.15) is 39.5 Å². The number of rotatable bonds is 8. The number of hydrogen-bond donors (Lipinski definition) is 3. The second-order valence-electron chi connectivity index (χ2n) is 5.94. The highest BCUT2D eigenvalue weighted by atomic mass is 31.2. The van der Waals surface area contributed by atoms with Gasteiger partial charge in [0.15, 0.2) is 0 Å². The number of nitrogens with zero attached hydrogens (tertiary/aromatic N) is 1. The summed E-state index contributed by atoms with van der Waals surface area (Å²) in [6.07, 6.45) is 4.05. The van der Waals surface area contributed by atoms with Crippen molar-refractivity contribution in [3.63, 3.8) is 0 Å². The smallest absolute Gasteiger partial charge is 0.324 e. The van der Waals surface area contributed by atoms with Crippen LogP contribution in [0.3, 0.4) is 0 Å². The predicted molar refractivity (Wildman–Crippen MR) is 78.4 cm³/mol. The van der Waals surface area contributed by atoms with E-state index in [0.717, 1.165) is 45.4 Å². The zero-order valence-electron chi connectivity index (χ0n) is 12.2. The Morgan fingerprint density at radius 1 is 1.26 bits per heavy atom. The van der Waals surface area contributed by atoms with E-state index in [0.29, 0.717) is 18.4 Å². The van der Waals surface area contributed by atoms with Gasteiger partial charge in [0.25, 0.3) is 0 Å². The standard InChI is InChI=1S/C13H29N2O3P/c1-12(2)6-10-15(9-3-11-19(16,17)18)13-4-7-14-8-5-13/h12-14H,3-11H2,1-2H3,(H2,16,17,18). The molecule has 1 fully saturated rings. The first-order valence-corrected chi connectivity index (χ1v) is 9.17. The second kappa shape index (κ2) is 8.38. The zero-order chi connectivity index (χ0) is 14.3. The lowest BCUT2D eigenvalue weighted by Gasteiger charge is -2.35. The Balaban J connectivity index is 2.41. The molecule has 0 aliphatic carbocycles. The van der Waals surface area contributed by atoms with Crippen molar-refractivity contribution in [1.29, 1.82) is 0 Å². The van der Waals surface area contributed by atoms with Crippen LogP contribution in [0.25, 0.3) is 0 Å². The van der Waals surface area contributed by atoms with E-state index in [1.807, 2.05) is 0 Å². The minimum Gasteiger partial charge on any atom is -0.324 e. The Bertz CT molecular complexity index is 288. The van der Waals surface area contributed by atoms with E-state index < -0.39 is 7.60 Å². The van der Waals surface area contributed by atoms with Crippen LogP contribution in [-0.4, -0.2) is 53.1 Å². The summed E-state index contributed by atoms with van der Waals surface area (Å²) in [6.45, 7) is 8.40. The third-order valence-electron chi connectivity index (χ3n) is 3.71. The van der Waals surface area contributed by atoms with E-state index in [1.54, 1.807) is 0 Å². The molecule has 0 aromatic heterocycles. The van der Waals surface area contributed by atoms with Crippen molar-refractivity contribution in [2.75, 3.05) is 32.3 Å². The van der Waals surface area contributed by atoms with Gasteiger partial charge in [-0.3, -0.25) is 4.57 Å². The van der Waals surface area contributed by atoms with Crippen LogP contribution in [0.5, 0.6) is 0 Å². The summed E-state index contributed by atoms with van der Waals surface area (Å²) in [4.78, 5) is 20.3. The fourth-order valence-corrected chi connectivity index (χ4v) is 3.11. The highest BCUT2D eigenvalue weighted by molar-refractivity contribution is 7.51. The van der Waals surface area contributed by atoms with Gasteiger partial charge < -0.3 is 20.0 Å². The highest BCUT2D eigenvalue weighted by Gasteiger charge is 2.21. The van der Waals surface area contributed by atoms with Gasteiger partial charge in [0.2, 0.25) is 0 Å². The number of nitrogens with one attached hydrogen (secondary N) is 1. The van der Waals surface area contributed by atoms with E-state index in [-0.39, 0.29) is 6.16 Å². The molecule has 0 unspecified atom stereocenters. The Morgan fingerprint density at radius 3 is 2.42 bits per heavy atom. The molecular weight excluding hydrogens is 263 g/mol. The van der Waals surface area contributed by atoms with Gasteiger partial charge in [-0.2, -0.15) is 0 Å². The van der Waals surface area contributed by atoms with Gasteiger partial charge in [-0.1, -0.05) is 13.8 Å². The van der Waals surface area contributed by atoms with Crippen molar-refractivity contribution in [3.05, 3.63) is 0 Å². The molecule has 6 heteroatoms. The lowest BCUT2D eigenvalue weighted by Crippen LogP contribution is -2.44. The van der Waals surface area contributed by atoms with E-state index in [1.165, 1.54) is 0 Å². The van der Waals surface area contributed by atoms with Crippen LogP contribution in [-0.2, 0) is 4.57 Å². The van der Waals surface area contributed by atoms with Crippen molar-refractivity contribution in [2.24, 2.45) is 5.92 Å². The quantitative estimate of drug-likeness (QED) is 0.593. The van der Waals surface area contributed by atoms with E-state index in [2.05, 4.69) is 24.1 Å². The minimum absolute atomic E-state index is 0.0101. The molecule has 1 saturated heterocycles. The fraction of sp³-hybridized carbons (Fsp3) is 1.00. The van der Waals surface area contributed by atoms with Crippen molar-refractivity contribution < 1.29 is 14.4 Å². The molecule has 0 aromatic rings. The molecule has 5 nitrogen and oxygen atoms in total. The molecule has 0 bridgehead atoms. The lowest BCUT2D eigenvalue weighted by molar-refractivity contribution is 0.154. The molecule has 0 aromatic carbocycles. The van der Waals surface area contributed by atoms with E-state index in [4.69, 9.17) is 9.79 Å². The first-order valence-electron chi connectivity index (χ1n) is 7.38. The van der Waals surface area contributed by atoms with Crippen molar-refractivity contribution >= 4 is 7.60 Å². The van der Waals surface area contributed by atoms with Crippen LogP contribution in [0, 0.1) is 5.92 Å². The summed E-state index contributed by atoms with van der Waals surface area (Å²) < 4.78 is 10.9. The van der Waals surface area contributed by atoms with Gasteiger partial charge >= 0.3 is 7.60 Å². The molecule has 114 valence electrons. The second-order valence-corrected chi connectivity index (χ2v) is 7.72. The summed E-state index contributed by atoms with van der Waals surface area (Å²) in [5.74, 6) is 0.672. The van der Waals surface area contributed by atoms with E-state index in [9.17, 15) is 4.57 Å². The van der Waals surface area contributed by atoms with Gasteiger partial charge in [0, 0.05) is 6.04 Å². The number of piperidine rings is 1. The Hall–Kier alpha value is 0.0700. The van der Waals surface area contributed by atoms with Crippen LogP contribution < -0.4 is 5.32 Å². The first kappa shape index (κ1) is 17.1. The number of hydrogen-bond acceptors (Lipinski definition) is 3. The highest BCUT2D eigenvalue weighted by Crippen LogP contribution is 2.35. The Morgan fingerprint density at radius 2 is 1.89 bits per heavy atom. The molecule has 0 amide bonds. The maximum Gasteiger partial charge on any atom is 0.325 e. The topological polar surface area (TPSA) is 72.8 Å².